The molecular formula is C35H28N2O3. The molecule has 2 heterocycles. The lowest BCUT2D eigenvalue weighted by Gasteiger charge is -2.37. The summed E-state index contributed by atoms with van der Waals surface area (Å²) in [6, 6.07) is 36.3. The molecule has 2 aliphatic heterocycles. The van der Waals surface area contributed by atoms with E-state index in [0.717, 1.165) is 45.0 Å². The van der Waals surface area contributed by atoms with Crippen LogP contribution in [0.15, 0.2) is 109 Å². The van der Waals surface area contributed by atoms with Gasteiger partial charge in [0.25, 0.3) is 0 Å². The van der Waals surface area contributed by atoms with E-state index in [1.54, 1.807) is 0 Å². The predicted octanol–water partition coefficient (Wildman–Crippen LogP) is 8.38. The fourth-order valence-corrected chi connectivity index (χ4v) is 5.75. The van der Waals surface area contributed by atoms with E-state index in [1.807, 2.05) is 86.8 Å². The Kier molecular flexibility index (Phi) is 5.42. The third kappa shape index (κ3) is 3.66. The molecule has 5 aromatic rings. The number of aryl methyl sites for hydroxylation is 2. The predicted molar refractivity (Wildman–Crippen MR) is 158 cm³/mol. The number of ether oxygens (including phenoxy) is 2. The van der Waals surface area contributed by atoms with Crippen LogP contribution in [0.1, 0.15) is 38.2 Å². The van der Waals surface area contributed by atoms with Crippen molar-refractivity contribution in [3.05, 3.63) is 143 Å². The minimum Gasteiger partial charge on any atom is -0.456 e. The maximum absolute atomic E-state index is 13.3. The van der Waals surface area contributed by atoms with Crippen LogP contribution in [0.5, 0.6) is 11.5 Å². The molecule has 0 amide bonds. The molecule has 7 rings (SSSR count). The van der Waals surface area contributed by atoms with E-state index < -0.39 is 5.60 Å². The molecule has 0 aliphatic carbocycles. The molecular weight excluding hydrogens is 496 g/mol. The summed E-state index contributed by atoms with van der Waals surface area (Å²) in [6.07, 6.45) is 0. The highest BCUT2D eigenvalue weighted by atomic mass is 16.6. The SMILES string of the molecule is Cc1ccc(N(C)c2ccc3c(c2)Oc2cc(C)c(Nc4ccccc4)cc2C32OC(=O)c3ccccc32)cc1. The van der Waals surface area contributed by atoms with Gasteiger partial charge in [-0.3, -0.25) is 0 Å². The van der Waals surface area contributed by atoms with Crippen molar-refractivity contribution in [1.29, 1.82) is 0 Å². The molecule has 0 saturated carbocycles. The number of nitrogens with one attached hydrogen (secondary N) is 1. The van der Waals surface area contributed by atoms with Crippen molar-refractivity contribution in [3.8, 4) is 11.5 Å². The maximum atomic E-state index is 13.3. The summed E-state index contributed by atoms with van der Waals surface area (Å²) < 4.78 is 13.0. The molecule has 0 fully saturated rings. The van der Waals surface area contributed by atoms with Crippen molar-refractivity contribution in [2.45, 2.75) is 19.4 Å². The number of hydrogen-bond donors (Lipinski definition) is 1. The molecule has 40 heavy (non-hydrogen) atoms. The topological polar surface area (TPSA) is 50.8 Å². The summed E-state index contributed by atoms with van der Waals surface area (Å²) in [5, 5.41) is 3.53. The first-order chi connectivity index (χ1) is 19.4. The third-order valence-electron chi connectivity index (χ3n) is 7.90. The molecule has 5 nitrogen and oxygen atoms in total. The fourth-order valence-electron chi connectivity index (χ4n) is 5.75. The van der Waals surface area contributed by atoms with Crippen LogP contribution in [0.25, 0.3) is 0 Å². The van der Waals surface area contributed by atoms with Crippen LogP contribution in [0, 0.1) is 13.8 Å². The Bertz CT molecular complexity index is 1780. The van der Waals surface area contributed by atoms with Gasteiger partial charge in [-0.25, -0.2) is 4.79 Å². The maximum Gasteiger partial charge on any atom is 0.340 e. The number of para-hydroxylation sites is 1. The molecule has 0 aromatic heterocycles. The Hall–Kier alpha value is -5.03. The zero-order valence-corrected chi connectivity index (χ0v) is 22.6. The first-order valence-electron chi connectivity index (χ1n) is 13.4. The van der Waals surface area contributed by atoms with E-state index in [-0.39, 0.29) is 5.97 Å². The largest absolute Gasteiger partial charge is 0.456 e. The van der Waals surface area contributed by atoms with Crippen molar-refractivity contribution < 1.29 is 14.3 Å². The third-order valence-corrected chi connectivity index (χ3v) is 7.90. The molecule has 5 aromatic carbocycles. The number of nitrogens with zero attached hydrogens (tertiary/aromatic N) is 1. The van der Waals surface area contributed by atoms with Gasteiger partial charge >= 0.3 is 5.97 Å². The second-order valence-corrected chi connectivity index (χ2v) is 10.4. The van der Waals surface area contributed by atoms with Gasteiger partial charge in [-0.2, -0.15) is 0 Å². The molecule has 1 spiro atoms. The number of carbonyl (C=O) groups excluding carboxylic acids is 1. The summed E-state index contributed by atoms with van der Waals surface area (Å²) >= 11 is 0. The number of anilines is 4. The average Bonchev–Trinajstić information content (AvgIpc) is 3.27. The van der Waals surface area contributed by atoms with Crippen LogP contribution in [0.3, 0.4) is 0 Å². The average molecular weight is 525 g/mol. The molecule has 1 atom stereocenters. The minimum atomic E-state index is -1.13. The molecule has 0 saturated heterocycles. The Labute approximate surface area is 233 Å². The van der Waals surface area contributed by atoms with Gasteiger partial charge in [-0.1, -0.05) is 54.1 Å². The number of rotatable bonds is 4. The zero-order chi connectivity index (χ0) is 27.4. The van der Waals surface area contributed by atoms with Crippen molar-refractivity contribution in [2.75, 3.05) is 17.3 Å². The van der Waals surface area contributed by atoms with Crippen molar-refractivity contribution in [1.82, 2.24) is 0 Å². The van der Waals surface area contributed by atoms with Crippen LogP contribution in [0.4, 0.5) is 22.7 Å². The lowest BCUT2D eigenvalue weighted by Crippen LogP contribution is -2.33. The van der Waals surface area contributed by atoms with E-state index in [0.29, 0.717) is 17.1 Å². The Morgan fingerprint density at radius 1 is 0.700 bits per heavy atom. The van der Waals surface area contributed by atoms with Gasteiger partial charge in [0.2, 0.25) is 0 Å². The second-order valence-electron chi connectivity index (χ2n) is 10.4. The highest BCUT2D eigenvalue weighted by Crippen LogP contribution is 2.57. The molecule has 1 unspecified atom stereocenters. The molecule has 1 N–H and O–H groups in total. The lowest BCUT2D eigenvalue weighted by molar-refractivity contribution is 0.0224. The standard InChI is InChI=1S/C35H28N2O3/c1-22-13-15-25(16-14-22)37(3)26-17-18-29-33(20-26)39-32-19-23(2)31(36-24-9-5-4-6-10-24)21-30(32)35(29)28-12-8-7-11-27(28)34(38)40-35/h4-21,36H,1-3H3. The van der Waals surface area contributed by atoms with Crippen LogP contribution in [0.2, 0.25) is 0 Å². The van der Waals surface area contributed by atoms with E-state index in [2.05, 4.69) is 53.5 Å². The Morgan fingerprint density at radius 3 is 2.20 bits per heavy atom. The van der Waals surface area contributed by atoms with E-state index in [1.165, 1.54) is 5.56 Å². The normalized spacial score (nSPS) is 16.4. The summed E-state index contributed by atoms with van der Waals surface area (Å²) in [5.41, 5.74) is 8.03. The van der Waals surface area contributed by atoms with Crippen molar-refractivity contribution >= 4 is 28.7 Å². The summed E-state index contributed by atoms with van der Waals surface area (Å²) in [7, 11) is 2.04. The van der Waals surface area contributed by atoms with Gasteiger partial charge in [0.05, 0.1) is 5.56 Å². The Morgan fingerprint density at radius 2 is 1.40 bits per heavy atom. The number of carbonyl (C=O) groups is 1. The summed E-state index contributed by atoms with van der Waals surface area (Å²) in [4.78, 5) is 15.4. The van der Waals surface area contributed by atoms with Crippen molar-refractivity contribution in [3.63, 3.8) is 0 Å². The monoisotopic (exact) mass is 524 g/mol. The number of fused-ring (bicyclic) bond motifs is 6. The van der Waals surface area contributed by atoms with Gasteiger partial charge in [-0.15, -0.1) is 0 Å². The highest BCUT2D eigenvalue weighted by Gasteiger charge is 2.53. The Balaban J connectivity index is 1.41. The summed E-state index contributed by atoms with van der Waals surface area (Å²) in [5.74, 6) is 0.994. The number of benzene rings is 5. The summed E-state index contributed by atoms with van der Waals surface area (Å²) in [6.45, 7) is 4.13. The number of hydrogen-bond acceptors (Lipinski definition) is 5. The van der Waals surface area contributed by atoms with Gasteiger partial charge in [0, 0.05) is 52.6 Å². The van der Waals surface area contributed by atoms with Gasteiger partial charge in [0.15, 0.2) is 5.60 Å². The van der Waals surface area contributed by atoms with E-state index in [4.69, 9.17) is 9.47 Å². The lowest BCUT2D eigenvalue weighted by atomic mass is 9.77. The molecule has 2 aliphatic rings. The fraction of sp³-hybridized carbons (Fsp3) is 0.114. The molecule has 0 bridgehead atoms. The van der Waals surface area contributed by atoms with Crippen molar-refractivity contribution in [2.24, 2.45) is 0 Å². The van der Waals surface area contributed by atoms with Gasteiger partial charge < -0.3 is 19.7 Å². The van der Waals surface area contributed by atoms with Crippen LogP contribution in [-0.2, 0) is 10.3 Å². The molecule has 5 heteroatoms. The van der Waals surface area contributed by atoms with E-state index in [9.17, 15) is 4.79 Å². The van der Waals surface area contributed by atoms with E-state index >= 15 is 0 Å². The zero-order valence-electron chi connectivity index (χ0n) is 22.6. The smallest absolute Gasteiger partial charge is 0.340 e. The second kappa shape index (κ2) is 9.02. The first kappa shape index (κ1) is 24.0. The minimum absolute atomic E-state index is 0.339. The number of esters is 1. The quantitative estimate of drug-likeness (QED) is 0.239. The highest BCUT2D eigenvalue weighted by molar-refractivity contribution is 5.97. The molecule has 0 radical (unpaired) electrons. The van der Waals surface area contributed by atoms with Crippen LogP contribution < -0.4 is 15.0 Å². The van der Waals surface area contributed by atoms with Gasteiger partial charge in [0.1, 0.15) is 11.5 Å². The molecule has 196 valence electrons. The van der Waals surface area contributed by atoms with Crippen LogP contribution in [-0.4, -0.2) is 13.0 Å². The first-order valence-corrected chi connectivity index (χ1v) is 13.4. The van der Waals surface area contributed by atoms with Crippen LogP contribution >= 0.6 is 0 Å². The van der Waals surface area contributed by atoms with Gasteiger partial charge in [-0.05, 0) is 74.0 Å².